The van der Waals surface area contributed by atoms with Crippen molar-refractivity contribution in [1.82, 2.24) is 0 Å². The quantitative estimate of drug-likeness (QED) is 0.266. The van der Waals surface area contributed by atoms with Gasteiger partial charge in [-0.2, -0.15) is 5.82 Å². The van der Waals surface area contributed by atoms with Crippen LogP contribution in [0, 0.1) is 11.7 Å². The minimum absolute atomic E-state index is 0.773. The van der Waals surface area contributed by atoms with Crippen LogP contribution in [-0.4, -0.2) is 19.1 Å². The minimum Gasteiger partial charge on any atom is -0.377 e. The van der Waals surface area contributed by atoms with Crippen molar-refractivity contribution in [3.05, 3.63) is 12.7 Å². The molecule has 0 aliphatic rings. The van der Waals surface area contributed by atoms with E-state index in [9.17, 15) is 0 Å². The normalized spacial score (nSPS) is 11.0. The van der Waals surface area contributed by atoms with Crippen molar-refractivity contribution in [1.29, 1.82) is 0 Å². The van der Waals surface area contributed by atoms with E-state index in [2.05, 4.69) is 12.5 Å². The summed E-state index contributed by atoms with van der Waals surface area (Å²) in [5, 5.41) is 8.49. The maximum absolute atomic E-state index is 8.49. The molecule has 2 radical (unpaired) electrons. The van der Waals surface area contributed by atoms with Gasteiger partial charge in [-0.1, -0.05) is 18.6 Å². The Labute approximate surface area is 44.5 Å². The number of aliphatic hydroxyl groups excluding tert-OH is 1. The molecule has 1 atom stereocenters. The highest BCUT2D eigenvalue weighted by molar-refractivity contribution is 6.22. The van der Waals surface area contributed by atoms with Gasteiger partial charge in [0.15, 0.2) is 7.85 Å². The second-order valence-corrected chi connectivity index (χ2v) is 0.969. The van der Waals surface area contributed by atoms with Crippen LogP contribution >= 0.6 is 0 Å². The lowest BCUT2D eigenvalue weighted by molar-refractivity contribution is 0.281. The van der Waals surface area contributed by atoms with E-state index in [0.717, 1.165) is 0 Å². The molecule has 0 rings (SSSR count). The van der Waals surface area contributed by atoms with E-state index >= 15 is 0 Å². The van der Waals surface area contributed by atoms with Crippen molar-refractivity contribution < 1.29 is 5.11 Å². The second kappa shape index (κ2) is 3.51. The summed E-state index contributed by atoms with van der Waals surface area (Å²) in [5.74, 6) is 4.31. The summed E-state index contributed by atoms with van der Waals surface area (Å²) in [6, 6.07) is 0. The molecule has 0 aromatic carbocycles. The van der Waals surface area contributed by atoms with Crippen LogP contribution in [0.15, 0.2) is 12.7 Å². The molecule has 0 amide bonds. The lowest BCUT2D eigenvalue weighted by Gasteiger charge is -1.86. The summed E-state index contributed by atoms with van der Waals surface area (Å²) in [5.41, 5.74) is 0. The highest BCUT2D eigenvalue weighted by atomic mass is 16.3. The summed E-state index contributed by atoms with van der Waals surface area (Å²) < 4.78 is 0. The Morgan fingerprint density at radius 2 is 2.43 bits per heavy atom. The maximum atomic E-state index is 8.49. The Kier molecular flexibility index (Phi) is 3.17. The monoisotopic (exact) mass is 92.0 g/mol. The maximum Gasteiger partial charge on any atom is 0.188 e. The zero-order valence-electron chi connectivity index (χ0n) is 3.89. The summed E-state index contributed by atoms with van der Waals surface area (Å²) in [7, 11) is 4.74. The van der Waals surface area contributed by atoms with E-state index in [-0.39, 0.29) is 0 Å². The van der Waals surface area contributed by atoms with E-state index in [1.165, 1.54) is 6.08 Å². The summed E-state index contributed by atoms with van der Waals surface area (Å²) in [6.07, 6.45) is 0.532. The van der Waals surface area contributed by atoms with Crippen molar-refractivity contribution in [3.63, 3.8) is 0 Å². The molecule has 34 valence electrons. The van der Waals surface area contributed by atoms with Crippen molar-refractivity contribution in [2.75, 3.05) is 0 Å². The molecule has 0 spiro atoms. The predicted octanol–water partition coefficient (Wildman–Crippen LogP) is -0.337. The number of aliphatic hydroxyl groups is 1. The van der Waals surface area contributed by atoms with Crippen molar-refractivity contribution >= 4 is 7.85 Å². The Balaban J connectivity index is 3.49. The smallest absolute Gasteiger partial charge is 0.188 e. The third-order valence-corrected chi connectivity index (χ3v) is 0.454. The van der Waals surface area contributed by atoms with Gasteiger partial charge in [0.2, 0.25) is 0 Å². The van der Waals surface area contributed by atoms with Crippen LogP contribution in [0.3, 0.4) is 0 Å². The first-order valence-electron chi connectivity index (χ1n) is 1.83. The van der Waals surface area contributed by atoms with Crippen LogP contribution in [0.1, 0.15) is 0 Å². The fraction of sp³-hybridized carbons (Fsp3) is 0.200. The molecular weight excluding hydrogens is 86.9 g/mol. The van der Waals surface area contributed by atoms with E-state index in [0.29, 0.717) is 0 Å². The van der Waals surface area contributed by atoms with Gasteiger partial charge in [0, 0.05) is 0 Å². The number of hydrogen-bond acceptors (Lipinski definition) is 1. The molecule has 0 fully saturated rings. The summed E-state index contributed by atoms with van der Waals surface area (Å²) >= 11 is 0. The molecule has 0 saturated carbocycles. The Hall–Kier alpha value is -0.675. The molecule has 1 unspecified atom stereocenters. The fourth-order valence-electron chi connectivity index (χ4n) is 0.144. The van der Waals surface area contributed by atoms with Crippen LogP contribution in [-0.2, 0) is 0 Å². The molecular formula is C5H5BO. The molecule has 1 nitrogen and oxygen atoms in total. The van der Waals surface area contributed by atoms with Gasteiger partial charge in [0.25, 0.3) is 0 Å². The van der Waals surface area contributed by atoms with E-state index in [1.54, 1.807) is 0 Å². The Morgan fingerprint density at radius 3 is 2.57 bits per heavy atom. The van der Waals surface area contributed by atoms with E-state index in [4.69, 9.17) is 13.0 Å². The van der Waals surface area contributed by atoms with Crippen LogP contribution in [0.25, 0.3) is 0 Å². The molecule has 0 aliphatic heterocycles. The molecule has 0 aliphatic carbocycles. The standard InChI is InChI=1S/C5H5BO/c1-2-5(7)3-4-6/h2,5,7H,1H2. The molecule has 0 bridgehead atoms. The summed E-state index contributed by atoms with van der Waals surface area (Å²) in [6.45, 7) is 3.27. The highest BCUT2D eigenvalue weighted by Gasteiger charge is 1.82. The van der Waals surface area contributed by atoms with Crippen molar-refractivity contribution in [2.24, 2.45) is 0 Å². The number of hydrogen-bond donors (Lipinski definition) is 1. The van der Waals surface area contributed by atoms with Gasteiger partial charge in [0.05, 0.1) is 0 Å². The van der Waals surface area contributed by atoms with Gasteiger partial charge in [-0.25, -0.2) is 0 Å². The topological polar surface area (TPSA) is 20.2 Å². The van der Waals surface area contributed by atoms with Gasteiger partial charge in [-0.15, -0.1) is 0 Å². The zero-order valence-corrected chi connectivity index (χ0v) is 3.89. The molecule has 7 heavy (non-hydrogen) atoms. The predicted molar refractivity (Wildman–Crippen MR) is 29.7 cm³/mol. The first kappa shape index (κ1) is 6.32. The average Bonchev–Trinajstić information content (AvgIpc) is 1.68. The molecule has 0 aromatic heterocycles. The minimum atomic E-state index is -0.773. The van der Waals surface area contributed by atoms with E-state index in [1.807, 2.05) is 5.82 Å². The Morgan fingerprint density at radius 1 is 1.86 bits per heavy atom. The van der Waals surface area contributed by atoms with Gasteiger partial charge >= 0.3 is 0 Å². The average molecular weight is 91.9 g/mol. The van der Waals surface area contributed by atoms with Crippen LogP contribution in [0.4, 0.5) is 0 Å². The SMILES string of the molecule is [B]C#CC(O)C=C. The van der Waals surface area contributed by atoms with Gasteiger partial charge in [-0.05, 0) is 0 Å². The van der Waals surface area contributed by atoms with Gasteiger partial charge in [0.1, 0.15) is 6.10 Å². The zero-order chi connectivity index (χ0) is 5.70. The van der Waals surface area contributed by atoms with Crippen LogP contribution < -0.4 is 0 Å². The molecule has 0 aromatic rings. The van der Waals surface area contributed by atoms with Crippen molar-refractivity contribution in [2.45, 2.75) is 6.10 Å². The third-order valence-electron chi connectivity index (χ3n) is 0.454. The molecule has 0 heterocycles. The third kappa shape index (κ3) is 3.15. The van der Waals surface area contributed by atoms with E-state index < -0.39 is 6.10 Å². The van der Waals surface area contributed by atoms with Crippen molar-refractivity contribution in [3.8, 4) is 11.7 Å². The molecule has 0 saturated heterocycles. The molecule has 2 heteroatoms. The lowest BCUT2D eigenvalue weighted by Crippen LogP contribution is -1.94. The number of rotatable bonds is 1. The first-order valence-corrected chi connectivity index (χ1v) is 1.83. The van der Waals surface area contributed by atoms with Gasteiger partial charge in [-0.3, -0.25) is 0 Å². The highest BCUT2D eigenvalue weighted by Crippen LogP contribution is 1.75. The second-order valence-electron chi connectivity index (χ2n) is 0.969. The largest absolute Gasteiger partial charge is 0.377 e. The first-order chi connectivity index (χ1) is 3.31. The van der Waals surface area contributed by atoms with Crippen LogP contribution in [0.5, 0.6) is 0 Å². The van der Waals surface area contributed by atoms with Gasteiger partial charge < -0.3 is 5.11 Å². The lowest BCUT2D eigenvalue weighted by atomic mass is 10.1. The fourth-order valence-corrected chi connectivity index (χ4v) is 0.144. The Bertz CT molecular complexity index is 109. The molecule has 1 N–H and O–H groups in total. The summed E-state index contributed by atoms with van der Waals surface area (Å²) in [4.78, 5) is 0. The van der Waals surface area contributed by atoms with Crippen LogP contribution in [0.2, 0.25) is 0 Å².